The van der Waals surface area contributed by atoms with E-state index in [0.29, 0.717) is 5.56 Å². The highest BCUT2D eigenvalue weighted by Gasteiger charge is 2.20. The van der Waals surface area contributed by atoms with Gasteiger partial charge >= 0.3 is 0 Å². The zero-order chi connectivity index (χ0) is 14.1. The predicted molar refractivity (Wildman–Crippen MR) is 79.1 cm³/mol. The molecular formula is C16H13F2NS. The zero-order valence-corrected chi connectivity index (χ0v) is 11.7. The normalized spacial score (nSPS) is 12.8. The van der Waals surface area contributed by atoms with Gasteiger partial charge in [-0.3, -0.25) is 0 Å². The highest BCUT2D eigenvalue weighted by Crippen LogP contribution is 2.33. The van der Waals surface area contributed by atoms with E-state index in [4.69, 9.17) is 0 Å². The van der Waals surface area contributed by atoms with Crippen molar-refractivity contribution < 1.29 is 8.78 Å². The van der Waals surface area contributed by atoms with Crippen LogP contribution < -0.4 is 5.32 Å². The van der Waals surface area contributed by atoms with Crippen LogP contribution in [0.4, 0.5) is 8.78 Å². The van der Waals surface area contributed by atoms with Crippen molar-refractivity contribution in [3.8, 4) is 0 Å². The highest BCUT2D eigenvalue weighted by molar-refractivity contribution is 7.17. The Morgan fingerprint density at radius 2 is 1.75 bits per heavy atom. The molecule has 3 rings (SSSR count). The summed E-state index contributed by atoms with van der Waals surface area (Å²) < 4.78 is 28.6. The van der Waals surface area contributed by atoms with Gasteiger partial charge in [0.2, 0.25) is 0 Å². The Balaban J connectivity index is 2.19. The van der Waals surface area contributed by atoms with Gasteiger partial charge in [0, 0.05) is 10.3 Å². The number of halogens is 2. The Kier molecular flexibility index (Phi) is 3.51. The smallest absolute Gasteiger partial charge is 0.163 e. The zero-order valence-electron chi connectivity index (χ0n) is 10.9. The number of hydrogen-bond donors (Lipinski definition) is 1. The molecule has 0 fully saturated rings. The van der Waals surface area contributed by atoms with E-state index in [2.05, 4.69) is 5.32 Å². The second-order valence-corrected chi connectivity index (χ2v) is 5.47. The van der Waals surface area contributed by atoms with E-state index in [-0.39, 0.29) is 6.04 Å². The van der Waals surface area contributed by atoms with Crippen molar-refractivity contribution in [2.75, 3.05) is 7.05 Å². The van der Waals surface area contributed by atoms with E-state index in [9.17, 15) is 8.78 Å². The van der Waals surface area contributed by atoms with E-state index in [1.807, 2.05) is 29.6 Å². The second kappa shape index (κ2) is 5.31. The molecule has 102 valence electrons. The van der Waals surface area contributed by atoms with Crippen molar-refractivity contribution in [2.45, 2.75) is 6.04 Å². The maximum atomic E-state index is 14.0. The van der Waals surface area contributed by atoms with Gasteiger partial charge in [-0.15, -0.1) is 11.3 Å². The van der Waals surface area contributed by atoms with Gasteiger partial charge in [-0.25, -0.2) is 8.78 Å². The lowest BCUT2D eigenvalue weighted by atomic mass is 9.97. The molecule has 0 bridgehead atoms. The molecule has 2 aromatic carbocycles. The number of nitrogens with one attached hydrogen (secondary N) is 1. The molecule has 0 saturated carbocycles. The number of rotatable bonds is 3. The SMILES string of the molecule is CNC(c1cccc(F)c1F)c1cccc2ccsc12. The van der Waals surface area contributed by atoms with Gasteiger partial charge in [-0.05, 0) is 35.5 Å². The average molecular weight is 289 g/mol. The summed E-state index contributed by atoms with van der Waals surface area (Å²) in [6, 6.07) is 11.8. The van der Waals surface area contributed by atoms with Gasteiger partial charge in [-0.2, -0.15) is 0 Å². The van der Waals surface area contributed by atoms with E-state index < -0.39 is 11.6 Å². The molecule has 20 heavy (non-hydrogen) atoms. The summed E-state index contributed by atoms with van der Waals surface area (Å²) in [4.78, 5) is 0. The first-order valence-corrected chi connectivity index (χ1v) is 7.17. The Bertz CT molecular complexity index is 751. The molecule has 3 aromatic rings. The molecular weight excluding hydrogens is 276 g/mol. The van der Waals surface area contributed by atoms with Crippen molar-refractivity contribution in [1.29, 1.82) is 0 Å². The lowest BCUT2D eigenvalue weighted by Gasteiger charge is -2.19. The quantitative estimate of drug-likeness (QED) is 0.749. The first-order valence-electron chi connectivity index (χ1n) is 6.29. The van der Waals surface area contributed by atoms with Crippen LogP contribution >= 0.6 is 11.3 Å². The molecule has 0 amide bonds. The maximum Gasteiger partial charge on any atom is 0.163 e. The van der Waals surface area contributed by atoms with Gasteiger partial charge in [-0.1, -0.05) is 30.3 Å². The molecule has 0 saturated heterocycles. The summed E-state index contributed by atoms with van der Waals surface area (Å²) >= 11 is 1.61. The minimum absolute atomic E-state index is 0.327. The summed E-state index contributed by atoms with van der Waals surface area (Å²) in [6.07, 6.45) is 0. The Morgan fingerprint density at radius 1 is 1.00 bits per heavy atom. The lowest BCUT2D eigenvalue weighted by Crippen LogP contribution is -2.19. The molecule has 0 aliphatic rings. The first kappa shape index (κ1) is 13.2. The van der Waals surface area contributed by atoms with Crippen LogP contribution in [0.25, 0.3) is 10.1 Å². The van der Waals surface area contributed by atoms with Gasteiger partial charge in [0.15, 0.2) is 11.6 Å². The van der Waals surface area contributed by atoms with Gasteiger partial charge in [0.1, 0.15) is 0 Å². The average Bonchev–Trinajstić information content (AvgIpc) is 2.93. The van der Waals surface area contributed by atoms with Crippen molar-refractivity contribution in [3.05, 3.63) is 70.6 Å². The lowest BCUT2D eigenvalue weighted by molar-refractivity contribution is 0.487. The number of thiophene rings is 1. The van der Waals surface area contributed by atoms with Crippen LogP contribution in [0.5, 0.6) is 0 Å². The van der Waals surface area contributed by atoms with Crippen molar-refractivity contribution in [1.82, 2.24) is 5.32 Å². The molecule has 1 N–H and O–H groups in total. The Labute approximate surface area is 119 Å². The van der Waals surface area contributed by atoms with Gasteiger partial charge < -0.3 is 5.32 Å². The topological polar surface area (TPSA) is 12.0 Å². The van der Waals surface area contributed by atoms with Crippen molar-refractivity contribution in [3.63, 3.8) is 0 Å². The maximum absolute atomic E-state index is 14.0. The van der Waals surface area contributed by atoms with Crippen LogP contribution in [0.15, 0.2) is 47.8 Å². The second-order valence-electron chi connectivity index (χ2n) is 4.55. The van der Waals surface area contributed by atoms with E-state index in [0.717, 1.165) is 21.7 Å². The number of benzene rings is 2. The molecule has 0 radical (unpaired) electrons. The largest absolute Gasteiger partial charge is 0.309 e. The van der Waals surface area contributed by atoms with E-state index >= 15 is 0 Å². The minimum Gasteiger partial charge on any atom is -0.309 e. The van der Waals surface area contributed by atoms with Crippen LogP contribution in [-0.4, -0.2) is 7.05 Å². The molecule has 0 aliphatic heterocycles. The van der Waals surface area contributed by atoms with Crippen LogP contribution in [0.3, 0.4) is 0 Å². The third-order valence-corrected chi connectivity index (χ3v) is 4.38. The molecule has 1 nitrogen and oxygen atoms in total. The standard InChI is InChI=1S/C16H13F2NS/c1-19-15(11-5-3-7-13(17)14(11)18)12-6-2-4-10-8-9-20-16(10)12/h2-9,15,19H,1H3. The molecule has 0 aliphatic carbocycles. The van der Waals surface area contributed by atoms with Gasteiger partial charge in [0.25, 0.3) is 0 Å². The minimum atomic E-state index is -0.818. The Hall–Kier alpha value is -1.78. The van der Waals surface area contributed by atoms with Crippen molar-refractivity contribution in [2.24, 2.45) is 0 Å². The molecule has 1 atom stereocenters. The fraction of sp³-hybridized carbons (Fsp3) is 0.125. The fourth-order valence-electron chi connectivity index (χ4n) is 2.47. The molecule has 1 heterocycles. The van der Waals surface area contributed by atoms with E-state index in [1.54, 1.807) is 24.5 Å². The molecule has 1 unspecified atom stereocenters. The van der Waals surface area contributed by atoms with Crippen LogP contribution in [-0.2, 0) is 0 Å². The Morgan fingerprint density at radius 3 is 2.55 bits per heavy atom. The first-order chi connectivity index (χ1) is 9.72. The van der Waals surface area contributed by atoms with E-state index in [1.165, 1.54) is 6.07 Å². The monoisotopic (exact) mass is 289 g/mol. The summed E-state index contributed by atoms with van der Waals surface area (Å²) in [7, 11) is 1.75. The highest BCUT2D eigenvalue weighted by atomic mass is 32.1. The number of fused-ring (bicyclic) bond motifs is 1. The van der Waals surface area contributed by atoms with Crippen LogP contribution in [0, 0.1) is 11.6 Å². The van der Waals surface area contributed by atoms with Crippen molar-refractivity contribution >= 4 is 21.4 Å². The fourth-order valence-corrected chi connectivity index (χ4v) is 3.41. The third-order valence-electron chi connectivity index (χ3n) is 3.40. The summed E-state index contributed by atoms with van der Waals surface area (Å²) in [5.41, 5.74) is 1.29. The van der Waals surface area contributed by atoms with Crippen LogP contribution in [0.2, 0.25) is 0 Å². The number of hydrogen-bond acceptors (Lipinski definition) is 2. The third kappa shape index (κ3) is 2.11. The van der Waals surface area contributed by atoms with Gasteiger partial charge in [0.05, 0.1) is 6.04 Å². The molecule has 4 heteroatoms. The molecule has 0 spiro atoms. The van der Waals surface area contributed by atoms with Crippen LogP contribution in [0.1, 0.15) is 17.2 Å². The summed E-state index contributed by atoms with van der Waals surface area (Å²) in [5, 5.41) is 6.20. The molecule has 1 aromatic heterocycles. The summed E-state index contributed by atoms with van der Waals surface area (Å²) in [6.45, 7) is 0. The predicted octanol–water partition coefficient (Wildman–Crippen LogP) is 4.49. The summed E-state index contributed by atoms with van der Waals surface area (Å²) in [5.74, 6) is -1.61.